The molecule has 0 saturated carbocycles. The van der Waals surface area contributed by atoms with Crippen molar-refractivity contribution in [1.82, 2.24) is 10.2 Å². The molecule has 0 aliphatic rings. The third-order valence-electron chi connectivity index (χ3n) is 2.77. The van der Waals surface area contributed by atoms with E-state index in [1.54, 1.807) is 14.2 Å². The van der Waals surface area contributed by atoms with Crippen molar-refractivity contribution in [3.05, 3.63) is 30.3 Å². The van der Waals surface area contributed by atoms with Gasteiger partial charge < -0.3 is 14.4 Å². The van der Waals surface area contributed by atoms with Crippen molar-refractivity contribution < 1.29 is 9.47 Å². The Kier molecular flexibility index (Phi) is 3.85. The van der Waals surface area contributed by atoms with Gasteiger partial charge in [0.05, 0.1) is 14.2 Å². The fourth-order valence-electron chi connectivity index (χ4n) is 1.91. The molecular weight excluding hydrogens is 242 g/mol. The molecule has 5 nitrogen and oxygen atoms in total. The first-order chi connectivity index (χ1) is 9.19. The van der Waals surface area contributed by atoms with E-state index in [2.05, 4.69) is 10.2 Å². The molecule has 1 aromatic heterocycles. The van der Waals surface area contributed by atoms with E-state index >= 15 is 0 Å². The summed E-state index contributed by atoms with van der Waals surface area (Å²) >= 11 is 0. The average molecular weight is 259 g/mol. The van der Waals surface area contributed by atoms with E-state index in [-0.39, 0.29) is 0 Å². The quantitative estimate of drug-likeness (QED) is 0.842. The second kappa shape index (κ2) is 5.56. The molecule has 0 saturated heterocycles. The van der Waals surface area contributed by atoms with Crippen LogP contribution in [0.5, 0.6) is 11.6 Å². The lowest BCUT2D eigenvalue weighted by Crippen LogP contribution is -2.14. The van der Waals surface area contributed by atoms with Crippen LogP contribution in [0.3, 0.4) is 0 Å². The van der Waals surface area contributed by atoms with Gasteiger partial charge in [-0.25, -0.2) is 0 Å². The first kappa shape index (κ1) is 13.1. The van der Waals surface area contributed by atoms with Crippen LogP contribution in [-0.4, -0.2) is 38.5 Å². The first-order valence-electron chi connectivity index (χ1n) is 5.90. The number of anilines is 1. The minimum Gasteiger partial charge on any atom is -0.492 e. The maximum atomic E-state index is 5.51. The molecule has 19 heavy (non-hydrogen) atoms. The molecule has 0 aliphatic carbocycles. The van der Waals surface area contributed by atoms with Crippen molar-refractivity contribution in [1.29, 1.82) is 0 Å². The van der Waals surface area contributed by atoms with E-state index in [1.165, 1.54) is 0 Å². The Morgan fingerprint density at radius 1 is 0.947 bits per heavy atom. The van der Waals surface area contributed by atoms with Crippen LogP contribution >= 0.6 is 0 Å². The molecule has 0 N–H and O–H groups in total. The number of rotatable bonds is 4. The van der Waals surface area contributed by atoms with Crippen LogP contribution in [0.25, 0.3) is 11.3 Å². The van der Waals surface area contributed by atoms with Gasteiger partial charge in [0.15, 0.2) is 5.75 Å². The third-order valence-corrected chi connectivity index (χ3v) is 2.77. The van der Waals surface area contributed by atoms with Gasteiger partial charge in [0.2, 0.25) is 0 Å². The molecule has 0 radical (unpaired) electrons. The van der Waals surface area contributed by atoms with E-state index in [0.29, 0.717) is 17.3 Å². The SMILES string of the molecule is COc1nnc(-c2ccccc2)c(OC)c1N(C)C. The van der Waals surface area contributed by atoms with E-state index in [1.807, 2.05) is 49.3 Å². The van der Waals surface area contributed by atoms with Crippen LogP contribution in [0.2, 0.25) is 0 Å². The number of benzene rings is 1. The third kappa shape index (κ3) is 2.45. The van der Waals surface area contributed by atoms with Crippen molar-refractivity contribution in [2.75, 3.05) is 33.2 Å². The average Bonchev–Trinajstić information content (AvgIpc) is 2.46. The molecule has 0 bridgehead atoms. The summed E-state index contributed by atoms with van der Waals surface area (Å²) in [6, 6.07) is 9.81. The molecule has 1 heterocycles. The Hall–Kier alpha value is -2.30. The lowest BCUT2D eigenvalue weighted by Gasteiger charge is -2.20. The second-order valence-corrected chi connectivity index (χ2v) is 4.20. The monoisotopic (exact) mass is 259 g/mol. The number of aromatic nitrogens is 2. The highest BCUT2D eigenvalue weighted by Gasteiger charge is 2.20. The van der Waals surface area contributed by atoms with E-state index in [0.717, 1.165) is 11.3 Å². The highest BCUT2D eigenvalue weighted by molar-refractivity contribution is 5.77. The normalized spacial score (nSPS) is 10.1. The van der Waals surface area contributed by atoms with Crippen molar-refractivity contribution >= 4 is 5.69 Å². The van der Waals surface area contributed by atoms with Crippen LogP contribution in [0.15, 0.2) is 30.3 Å². The van der Waals surface area contributed by atoms with Crippen LogP contribution in [0.1, 0.15) is 0 Å². The topological polar surface area (TPSA) is 47.5 Å². The van der Waals surface area contributed by atoms with Crippen molar-refractivity contribution in [2.45, 2.75) is 0 Å². The summed E-state index contributed by atoms with van der Waals surface area (Å²) in [5.74, 6) is 1.10. The van der Waals surface area contributed by atoms with Gasteiger partial charge in [-0.3, -0.25) is 0 Å². The van der Waals surface area contributed by atoms with E-state index in [4.69, 9.17) is 9.47 Å². The zero-order chi connectivity index (χ0) is 13.8. The Labute approximate surface area is 112 Å². The maximum Gasteiger partial charge on any atom is 0.260 e. The predicted octanol–water partition coefficient (Wildman–Crippen LogP) is 2.23. The molecule has 2 rings (SSSR count). The largest absolute Gasteiger partial charge is 0.492 e. The minimum absolute atomic E-state index is 0.446. The second-order valence-electron chi connectivity index (χ2n) is 4.20. The number of methoxy groups -OCH3 is 2. The molecular formula is C14H17N3O2. The molecule has 0 amide bonds. The summed E-state index contributed by atoms with van der Waals surface area (Å²) < 4.78 is 10.8. The van der Waals surface area contributed by atoms with Crippen LogP contribution in [0.4, 0.5) is 5.69 Å². The zero-order valence-corrected chi connectivity index (χ0v) is 11.5. The predicted molar refractivity (Wildman–Crippen MR) is 74.9 cm³/mol. The molecule has 0 spiro atoms. The fraction of sp³-hybridized carbons (Fsp3) is 0.286. The molecule has 0 atom stereocenters. The van der Waals surface area contributed by atoms with Gasteiger partial charge in [-0.05, 0) is 0 Å². The Balaban J connectivity index is 2.67. The highest BCUT2D eigenvalue weighted by atomic mass is 16.5. The minimum atomic E-state index is 0.446. The molecule has 5 heteroatoms. The Morgan fingerprint density at radius 2 is 1.63 bits per heavy atom. The smallest absolute Gasteiger partial charge is 0.260 e. The van der Waals surface area contributed by atoms with Gasteiger partial charge in [0.25, 0.3) is 5.88 Å². The first-order valence-corrected chi connectivity index (χ1v) is 5.90. The van der Waals surface area contributed by atoms with Gasteiger partial charge in [0, 0.05) is 19.7 Å². The van der Waals surface area contributed by atoms with Crippen molar-refractivity contribution in [3.63, 3.8) is 0 Å². The van der Waals surface area contributed by atoms with Crippen LogP contribution < -0.4 is 14.4 Å². The molecule has 1 aromatic carbocycles. The summed E-state index contributed by atoms with van der Waals surface area (Å²) in [5.41, 5.74) is 2.43. The molecule has 0 fully saturated rings. The van der Waals surface area contributed by atoms with Gasteiger partial charge in [-0.15, -0.1) is 10.2 Å². The number of hydrogen-bond acceptors (Lipinski definition) is 5. The van der Waals surface area contributed by atoms with Gasteiger partial charge in [-0.1, -0.05) is 30.3 Å². The summed E-state index contributed by atoms with van der Waals surface area (Å²) in [4.78, 5) is 1.90. The van der Waals surface area contributed by atoms with Crippen LogP contribution in [-0.2, 0) is 0 Å². The lowest BCUT2D eigenvalue weighted by atomic mass is 10.1. The summed E-state index contributed by atoms with van der Waals surface area (Å²) in [7, 11) is 7.02. The van der Waals surface area contributed by atoms with Gasteiger partial charge >= 0.3 is 0 Å². The van der Waals surface area contributed by atoms with Crippen LogP contribution in [0, 0.1) is 0 Å². The fourth-order valence-corrected chi connectivity index (χ4v) is 1.91. The van der Waals surface area contributed by atoms with E-state index < -0.39 is 0 Å². The Morgan fingerprint density at radius 3 is 2.16 bits per heavy atom. The highest BCUT2D eigenvalue weighted by Crippen LogP contribution is 2.40. The summed E-state index contributed by atoms with van der Waals surface area (Å²) in [6.07, 6.45) is 0. The van der Waals surface area contributed by atoms with Crippen molar-refractivity contribution in [3.8, 4) is 22.9 Å². The maximum absolute atomic E-state index is 5.51. The van der Waals surface area contributed by atoms with E-state index in [9.17, 15) is 0 Å². The molecule has 0 unspecified atom stereocenters. The standard InChI is InChI=1S/C14H17N3O2/c1-17(2)12-13(18-3)11(15-16-14(12)19-4)10-8-6-5-7-9-10/h5-9H,1-4H3. The lowest BCUT2D eigenvalue weighted by molar-refractivity contribution is 0.377. The molecule has 2 aromatic rings. The number of nitrogens with zero attached hydrogens (tertiary/aromatic N) is 3. The van der Waals surface area contributed by atoms with Gasteiger partial charge in [-0.2, -0.15) is 0 Å². The van der Waals surface area contributed by atoms with Gasteiger partial charge in [0.1, 0.15) is 11.4 Å². The van der Waals surface area contributed by atoms with Crippen molar-refractivity contribution in [2.24, 2.45) is 0 Å². The molecule has 0 aliphatic heterocycles. The number of ether oxygens (including phenoxy) is 2. The number of hydrogen-bond donors (Lipinski definition) is 0. The molecule has 100 valence electrons. The summed E-state index contributed by atoms with van der Waals surface area (Å²) in [5, 5.41) is 8.32. The Bertz CT molecular complexity index is 556. The zero-order valence-electron chi connectivity index (χ0n) is 11.5. The summed E-state index contributed by atoms with van der Waals surface area (Å²) in [6.45, 7) is 0.